The number of rotatable bonds is 5. The van der Waals surface area contributed by atoms with Gasteiger partial charge in [-0.05, 0) is 74.2 Å². The molecule has 0 saturated heterocycles. The van der Waals surface area contributed by atoms with Crippen LogP contribution in [-0.2, 0) is 6.54 Å². The predicted octanol–water partition coefficient (Wildman–Crippen LogP) is 5.07. The maximum absolute atomic E-state index is 5.26. The highest BCUT2D eigenvalue weighted by Gasteiger charge is 2.06. The van der Waals surface area contributed by atoms with Crippen molar-refractivity contribution >= 4 is 31.9 Å². The lowest BCUT2D eigenvalue weighted by atomic mass is 10.1. The minimum atomic E-state index is 0.271. The lowest BCUT2D eigenvalue weighted by molar-refractivity contribution is 0.413. The van der Waals surface area contributed by atoms with E-state index in [4.69, 9.17) is 4.74 Å². The van der Waals surface area contributed by atoms with Crippen LogP contribution in [0.15, 0.2) is 51.4 Å². The molecule has 0 heterocycles. The Kier molecular flexibility index (Phi) is 5.64. The standard InChI is InChI=1S/C16H17Br2NO/c1-11(13-4-3-5-14(9-13)20-2)19-10-12-6-7-15(17)16(18)8-12/h3-9,11,19H,10H2,1-2H3/t11-/m0/s1. The Morgan fingerprint density at radius 2 is 1.90 bits per heavy atom. The van der Waals surface area contributed by atoms with Gasteiger partial charge in [0.1, 0.15) is 5.75 Å². The van der Waals surface area contributed by atoms with E-state index in [0.717, 1.165) is 21.2 Å². The average molecular weight is 399 g/mol. The Labute approximate surface area is 136 Å². The van der Waals surface area contributed by atoms with Crippen LogP contribution < -0.4 is 10.1 Å². The van der Waals surface area contributed by atoms with Crippen molar-refractivity contribution in [2.45, 2.75) is 19.5 Å². The molecular formula is C16H17Br2NO. The number of halogens is 2. The average Bonchev–Trinajstić information content (AvgIpc) is 2.48. The molecule has 4 heteroatoms. The lowest BCUT2D eigenvalue weighted by Crippen LogP contribution is -2.18. The van der Waals surface area contributed by atoms with Gasteiger partial charge in [-0.2, -0.15) is 0 Å². The second kappa shape index (κ2) is 7.25. The van der Waals surface area contributed by atoms with Gasteiger partial charge in [0.15, 0.2) is 0 Å². The summed E-state index contributed by atoms with van der Waals surface area (Å²) in [6.45, 7) is 2.98. The summed E-state index contributed by atoms with van der Waals surface area (Å²) in [4.78, 5) is 0. The van der Waals surface area contributed by atoms with Gasteiger partial charge < -0.3 is 10.1 Å². The zero-order valence-electron chi connectivity index (χ0n) is 11.5. The van der Waals surface area contributed by atoms with E-state index >= 15 is 0 Å². The zero-order chi connectivity index (χ0) is 14.5. The Morgan fingerprint density at radius 1 is 1.10 bits per heavy atom. The van der Waals surface area contributed by atoms with Gasteiger partial charge in [-0.3, -0.25) is 0 Å². The Balaban J connectivity index is 2.00. The molecule has 2 rings (SSSR count). The molecule has 1 atom stereocenters. The highest BCUT2D eigenvalue weighted by atomic mass is 79.9. The summed E-state index contributed by atoms with van der Waals surface area (Å²) in [5.74, 6) is 0.891. The smallest absolute Gasteiger partial charge is 0.119 e. The molecule has 0 radical (unpaired) electrons. The van der Waals surface area contributed by atoms with E-state index in [9.17, 15) is 0 Å². The van der Waals surface area contributed by atoms with Crippen LogP contribution >= 0.6 is 31.9 Å². The fraction of sp³-hybridized carbons (Fsp3) is 0.250. The summed E-state index contributed by atoms with van der Waals surface area (Å²) in [5.41, 5.74) is 2.47. The third kappa shape index (κ3) is 4.08. The fourth-order valence-corrected chi connectivity index (χ4v) is 2.62. The molecular weight excluding hydrogens is 382 g/mol. The number of nitrogens with one attached hydrogen (secondary N) is 1. The van der Waals surface area contributed by atoms with Gasteiger partial charge in [-0.15, -0.1) is 0 Å². The summed E-state index contributed by atoms with van der Waals surface area (Å²) < 4.78 is 7.40. The van der Waals surface area contributed by atoms with Crippen LogP contribution in [0.4, 0.5) is 0 Å². The van der Waals surface area contributed by atoms with Gasteiger partial charge in [-0.1, -0.05) is 18.2 Å². The van der Waals surface area contributed by atoms with E-state index in [1.165, 1.54) is 11.1 Å². The molecule has 20 heavy (non-hydrogen) atoms. The Hall–Kier alpha value is -0.840. The number of ether oxygens (including phenoxy) is 1. The SMILES string of the molecule is COc1cccc([C@H](C)NCc2ccc(Br)c(Br)c2)c1. The molecule has 0 aliphatic carbocycles. The van der Waals surface area contributed by atoms with Crippen LogP contribution in [0.1, 0.15) is 24.1 Å². The first-order chi connectivity index (χ1) is 9.60. The van der Waals surface area contributed by atoms with E-state index in [0.29, 0.717) is 0 Å². The van der Waals surface area contributed by atoms with Crippen LogP contribution in [-0.4, -0.2) is 7.11 Å². The molecule has 0 bridgehead atoms. The predicted molar refractivity (Wildman–Crippen MR) is 90.1 cm³/mol. The van der Waals surface area contributed by atoms with E-state index in [1.54, 1.807) is 7.11 Å². The van der Waals surface area contributed by atoms with Gasteiger partial charge in [0, 0.05) is 21.5 Å². The van der Waals surface area contributed by atoms with Crippen molar-refractivity contribution in [2.75, 3.05) is 7.11 Å². The van der Waals surface area contributed by atoms with Crippen LogP contribution in [0.2, 0.25) is 0 Å². The monoisotopic (exact) mass is 397 g/mol. The normalized spacial score (nSPS) is 12.2. The largest absolute Gasteiger partial charge is 0.497 e. The van der Waals surface area contributed by atoms with Crippen molar-refractivity contribution in [3.8, 4) is 5.75 Å². The molecule has 0 unspecified atom stereocenters. The molecule has 0 spiro atoms. The minimum absolute atomic E-state index is 0.271. The Bertz CT molecular complexity index is 586. The molecule has 1 N–H and O–H groups in total. The van der Waals surface area contributed by atoms with Crippen LogP contribution in [0.5, 0.6) is 5.75 Å². The maximum Gasteiger partial charge on any atom is 0.119 e. The zero-order valence-corrected chi connectivity index (χ0v) is 14.7. The van der Waals surface area contributed by atoms with E-state index in [-0.39, 0.29) is 6.04 Å². The second-order valence-electron chi connectivity index (χ2n) is 4.63. The molecule has 0 fully saturated rings. The summed E-state index contributed by atoms with van der Waals surface area (Å²) in [6.07, 6.45) is 0. The molecule has 2 aromatic carbocycles. The van der Waals surface area contributed by atoms with Crippen molar-refractivity contribution < 1.29 is 4.74 Å². The molecule has 106 valence electrons. The number of hydrogen-bond acceptors (Lipinski definition) is 2. The van der Waals surface area contributed by atoms with Gasteiger partial charge in [0.05, 0.1) is 7.11 Å². The number of benzene rings is 2. The van der Waals surface area contributed by atoms with Crippen LogP contribution in [0.3, 0.4) is 0 Å². The molecule has 0 aromatic heterocycles. The first kappa shape index (κ1) is 15.5. The molecule has 0 aliphatic heterocycles. The summed E-state index contributed by atoms with van der Waals surface area (Å²) in [6, 6.07) is 14.7. The number of methoxy groups -OCH3 is 1. The van der Waals surface area contributed by atoms with Crippen LogP contribution in [0.25, 0.3) is 0 Å². The van der Waals surface area contributed by atoms with Gasteiger partial charge in [-0.25, -0.2) is 0 Å². The van der Waals surface area contributed by atoms with Crippen molar-refractivity contribution in [1.82, 2.24) is 5.32 Å². The third-order valence-corrected chi connectivity index (χ3v) is 5.07. The molecule has 0 saturated carbocycles. The summed E-state index contributed by atoms with van der Waals surface area (Å²) in [5, 5.41) is 3.52. The van der Waals surface area contributed by atoms with Crippen molar-refractivity contribution in [3.63, 3.8) is 0 Å². The topological polar surface area (TPSA) is 21.3 Å². The van der Waals surface area contributed by atoms with Gasteiger partial charge in [0.2, 0.25) is 0 Å². The van der Waals surface area contributed by atoms with E-state index in [2.05, 4.69) is 74.4 Å². The van der Waals surface area contributed by atoms with Gasteiger partial charge in [0.25, 0.3) is 0 Å². The van der Waals surface area contributed by atoms with E-state index < -0.39 is 0 Å². The second-order valence-corrected chi connectivity index (χ2v) is 6.34. The minimum Gasteiger partial charge on any atom is -0.497 e. The maximum atomic E-state index is 5.26. The summed E-state index contributed by atoms with van der Waals surface area (Å²) in [7, 11) is 1.69. The Morgan fingerprint density at radius 3 is 2.60 bits per heavy atom. The van der Waals surface area contributed by atoms with Crippen molar-refractivity contribution in [2.24, 2.45) is 0 Å². The summed E-state index contributed by atoms with van der Waals surface area (Å²) >= 11 is 7.01. The van der Waals surface area contributed by atoms with Gasteiger partial charge >= 0.3 is 0 Å². The van der Waals surface area contributed by atoms with E-state index in [1.807, 2.05) is 12.1 Å². The highest BCUT2D eigenvalue weighted by Crippen LogP contribution is 2.24. The van der Waals surface area contributed by atoms with Crippen molar-refractivity contribution in [3.05, 3.63) is 62.5 Å². The molecule has 2 nitrogen and oxygen atoms in total. The molecule has 0 amide bonds. The quantitative estimate of drug-likeness (QED) is 0.758. The molecule has 2 aromatic rings. The first-order valence-electron chi connectivity index (χ1n) is 6.41. The first-order valence-corrected chi connectivity index (χ1v) is 8.00. The fourth-order valence-electron chi connectivity index (χ4n) is 1.95. The third-order valence-electron chi connectivity index (χ3n) is 3.19. The van der Waals surface area contributed by atoms with Crippen LogP contribution in [0, 0.1) is 0 Å². The van der Waals surface area contributed by atoms with Crippen molar-refractivity contribution in [1.29, 1.82) is 0 Å². The number of hydrogen-bond donors (Lipinski definition) is 1. The molecule has 0 aliphatic rings. The lowest BCUT2D eigenvalue weighted by Gasteiger charge is -2.15. The highest BCUT2D eigenvalue weighted by molar-refractivity contribution is 9.13.